The van der Waals surface area contributed by atoms with Crippen molar-refractivity contribution < 1.29 is 56.8 Å². The third-order valence-electron chi connectivity index (χ3n) is 7.71. The van der Waals surface area contributed by atoms with Gasteiger partial charge in [-0.15, -0.1) is 11.6 Å². The second-order valence-electron chi connectivity index (χ2n) is 12.3. The lowest BCUT2D eigenvalue weighted by Gasteiger charge is -2.09. The zero-order valence-electron chi connectivity index (χ0n) is 33.1. The molecule has 0 heterocycles. The second kappa shape index (κ2) is 50.8. The summed E-state index contributed by atoms with van der Waals surface area (Å²) in [6, 6.07) is 0. The van der Waals surface area contributed by atoms with Gasteiger partial charge in [-0.05, 0) is 6.42 Å². The van der Waals surface area contributed by atoms with Crippen molar-refractivity contribution >= 4 is 11.6 Å². The van der Waals surface area contributed by atoms with Crippen LogP contribution in [0.2, 0.25) is 0 Å². The summed E-state index contributed by atoms with van der Waals surface area (Å²) < 4.78 is 65.8. The van der Waals surface area contributed by atoms with Gasteiger partial charge in [0.25, 0.3) is 0 Å². The number of ether oxygens (including phenoxy) is 12. The van der Waals surface area contributed by atoms with Gasteiger partial charge >= 0.3 is 0 Å². The van der Waals surface area contributed by atoms with Crippen molar-refractivity contribution in [2.45, 2.75) is 90.4 Å². The summed E-state index contributed by atoms with van der Waals surface area (Å²) in [5, 5.41) is 0. The Morgan fingerprint density at radius 2 is 0.385 bits per heavy atom. The van der Waals surface area contributed by atoms with E-state index in [1.54, 1.807) is 0 Å². The van der Waals surface area contributed by atoms with Crippen LogP contribution < -0.4 is 0 Å². The van der Waals surface area contributed by atoms with E-state index in [0.717, 1.165) is 13.0 Å². The van der Waals surface area contributed by atoms with Crippen LogP contribution in [0.3, 0.4) is 0 Å². The van der Waals surface area contributed by atoms with Crippen molar-refractivity contribution in [3.63, 3.8) is 0 Å². The third-order valence-corrected chi connectivity index (χ3v) is 7.86. The molecule has 0 aliphatic rings. The highest BCUT2D eigenvalue weighted by Gasteiger charge is 1.98. The highest BCUT2D eigenvalue weighted by Crippen LogP contribution is 2.12. The molecule has 0 atom stereocenters. The van der Waals surface area contributed by atoms with E-state index in [2.05, 4.69) is 6.92 Å². The van der Waals surface area contributed by atoms with Gasteiger partial charge in [-0.3, -0.25) is 0 Å². The van der Waals surface area contributed by atoms with E-state index in [0.29, 0.717) is 158 Å². The lowest BCUT2D eigenvalue weighted by molar-refractivity contribution is -0.0282. The maximum Gasteiger partial charge on any atom is 0.0701 e. The molecule has 0 fully saturated rings. The minimum atomic E-state index is 0.499. The Bertz CT molecular complexity index is 562. The van der Waals surface area contributed by atoms with Gasteiger partial charge in [0.1, 0.15) is 0 Å². The summed E-state index contributed by atoms with van der Waals surface area (Å²) in [6.07, 6.45) is 17.8. The zero-order chi connectivity index (χ0) is 37.4. The molecule has 12 nitrogen and oxygen atoms in total. The molecule has 0 N–H and O–H groups in total. The normalized spacial score (nSPS) is 11.7. The predicted octanol–water partition coefficient (Wildman–Crippen LogP) is 6.52. The van der Waals surface area contributed by atoms with Gasteiger partial charge < -0.3 is 56.8 Å². The van der Waals surface area contributed by atoms with Gasteiger partial charge in [0, 0.05) is 12.5 Å². The van der Waals surface area contributed by atoms with Gasteiger partial charge in [0.15, 0.2) is 0 Å². The zero-order valence-corrected chi connectivity index (χ0v) is 33.9. The molecule has 0 radical (unpaired) electrons. The van der Waals surface area contributed by atoms with Crippen molar-refractivity contribution in [1.29, 1.82) is 0 Å². The predicted molar refractivity (Wildman–Crippen MR) is 206 cm³/mol. The fourth-order valence-electron chi connectivity index (χ4n) is 4.80. The summed E-state index contributed by atoms with van der Waals surface area (Å²) in [6.45, 7) is 15.5. The first kappa shape index (κ1) is 51.8. The van der Waals surface area contributed by atoms with E-state index < -0.39 is 0 Å². The van der Waals surface area contributed by atoms with E-state index in [9.17, 15) is 0 Å². The van der Waals surface area contributed by atoms with Crippen molar-refractivity contribution in [2.24, 2.45) is 0 Å². The smallest absolute Gasteiger partial charge is 0.0701 e. The first-order valence-corrected chi connectivity index (χ1v) is 20.9. The molecule has 0 aliphatic carbocycles. The van der Waals surface area contributed by atoms with Crippen molar-refractivity contribution in [3.05, 3.63) is 0 Å². The Morgan fingerprint density at radius 3 is 0.596 bits per heavy atom. The number of rotatable bonds is 49. The molecule has 0 amide bonds. The van der Waals surface area contributed by atoms with Crippen LogP contribution in [-0.2, 0) is 56.8 Å². The molecule has 0 rings (SSSR count). The molecule has 0 aliphatic heterocycles. The lowest BCUT2D eigenvalue weighted by atomic mass is 10.0. The standard InChI is InChI=1S/C39H79ClO12/c1-2-3-4-5-6-7-8-9-10-11-12-13-14-16-41-18-20-43-22-24-45-26-28-47-30-32-49-34-36-51-38-39-52-37-35-50-33-31-48-29-27-46-25-23-44-21-19-42-17-15-40/h2-39H2,1H3. The highest BCUT2D eigenvalue weighted by molar-refractivity contribution is 6.17. The molecule has 0 unspecified atom stereocenters. The van der Waals surface area contributed by atoms with Crippen molar-refractivity contribution in [1.82, 2.24) is 0 Å². The summed E-state index contributed by atoms with van der Waals surface area (Å²) in [7, 11) is 0. The van der Waals surface area contributed by atoms with Crippen LogP contribution in [0.25, 0.3) is 0 Å². The molecule has 0 aromatic carbocycles. The average molecular weight is 776 g/mol. The van der Waals surface area contributed by atoms with E-state index in [4.69, 9.17) is 68.4 Å². The highest BCUT2D eigenvalue weighted by atomic mass is 35.5. The van der Waals surface area contributed by atoms with Crippen molar-refractivity contribution in [3.8, 4) is 0 Å². The summed E-state index contributed by atoms with van der Waals surface area (Å²) >= 11 is 5.52. The van der Waals surface area contributed by atoms with Crippen LogP contribution in [-0.4, -0.2) is 164 Å². The molecular formula is C39H79ClO12. The van der Waals surface area contributed by atoms with Crippen LogP contribution in [0.5, 0.6) is 0 Å². The van der Waals surface area contributed by atoms with Gasteiger partial charge in [0.05, 0.1) is 152 Å². The molecule has 0 saturated carbocycles. The van der Waals surface area contributed by atoms with Crippen molar-refractivity contribution in [2.75, 3.05) is 164 Å². The van der Waals surface area contributed by atoms with Gasteiger partial charge in [-0.2, -0.15) is 0 Å². The van der Waals surface area contributed by atoms with Crippen LogP contribution in [0.4, 0.5) is 0 Å². The first-order chi connectivity index (χ1) is 25.9. The monoisotopic (exact) mass is 775 g/mol. The van der Waals surface area contributed by atoms with E-state index in [1.807, 2.05) is 0 Å². The maximum atomic E-state index is 5.68. The van der Waals surface area contributed by atoms with Gasteiger partial charge in [-0.1, -0.05) is 84.0 Å². The van der Waals surface area contributed by atoms with E-state index in [1.165, 1.54) is 77.0 Å². The summed E-state index contributed by atoms with van der Waals surface area (Å²) in [4.78, 5) is 0. The number of hydrogen-bond acceptors (Lipinski definition) is 12. The van der Waals surface area contributed by atoms with Crippen LogP contribution in [0, 0.1) is 0 Å². The number of halogens is 1. The second-order valence-corrected chi connectivity index (χ2v) is 12.7. The summed E-state index contributed by atoms with van der Waals surface area (Å²) in [5.74, 6) is 0.499. The third kappa shape index (κ3) is 49.8. The molecule has 0 saturated heterocycles. The van der Waals surface area contributed by atoms with Crippen LogP contribution in [0.1, 0.15) is 90.4 Å². The van der Waals surface area contributed by atoms with E-state index >= 15 is 0 Å². The maximum absolute atomic E-state index is 5.68. The minimum Gasteiger partial charge on any atom is -0.379 e. The number of hydrogen-bond donors (Lipinski definition) is 0. The number of unbranched alkanes of at least 4 members (excludes halogenated alkanes) is 12. The SMILES string of the molecule is CCCCCCCCCCCCCCCOCCOCCOCCOCCOCCOCCOCCOCCOCCOCCOCCOCCCl. The molecule has 52 heavy (non-hydrogen) atoms. The quantitative estimate of drug-likeness (QED) is 0.0496. The van der Waals surface area contributed by atoms with Crippen LogP contribution >= 0.6 is 11.6 Å². The molecule has 0 bridgehead atoms. The summed E-state index contributed by atoms with van der Waals surface area (Å²) in [5.41, 5.74) is 0. The molecule has 0 aromatic heterocycles. The van der Waals surface area contributed by atoms with Gasteiger partial charge in [-0.25, -0.2) is 0 Å². The number of alkyl halides is 1. The van der Waals surface area contributed by atoms with Crippen LogP contribution in [0.15, 0.2) is 0 Å². The molecule has 0 aromatic rings. The average Bonchev–Trinajstić information content (AvgIpc) is 3.16. The molecule has 314 valence electrons. The Morgan fingerprint density at radius 1 is 0.212 bits per heavy atom. The minimum absolute atomic E-state index is 0.499. The fraction of sp³-hybridized carbons (Fsp3) is 1.00. The Hall–Kier alpha value is -0.190. The largest absolute Gasteiger partial charge is 0.379 e. The van der Waals surface area contributed by atoms with E-state index in [-0.39, 0.29) is 0 Å². The molecule has 0 spiro atoms. The fourth-order valence-corrected chi connectivity index (χ4v) is 4.91. The van der Waals surface area contributed by atoms with Gasteiger partial charge in [0.2, 0.25) is 0 Å². The molecule has 13 heteroatoms. The Balaban J connectivity index is 3.04. The topological polar surface area (TPSA) is 111 Å². The Labute approximate surface area is 322 Å². The first-order valence-electron chi connectivity index (χ1n) is 20.4. The Kier molecular flexibility index (Phi) is 50.6. The lowest BCUT2D eigenvalue weighted by Crippen LogP contribution is -2.15. The molecular weight excluding hydrogens is 696 g/mol.